The first kappa shape index (κ1) is 25.4. The second-order valence-corrected chi connectivity index (χ2v) is 9.38. The van der Waals surface area contributed by atoms with E-state index in [1.807, 2.05) is 11.8 Å². The van der Waals surface area contributed by atoms with E-state index < -0.39 is 11.7 Å². The van der Waals surface area contributed by atoms with Crippen LogP contribution in [0.1, 0.15) is 47.1 Å². The van der Waals surface area contributed by atoms with Crippen LogP contribution in [0.15, 0.2) is 53.8 Å². The van der Waals surface area contributed by atoms with Gasteiger partial charge < -0.3 is 16.0 Å². The molecular formula is C26H29F3N6O. The van der Waals surface area contributed by atoms with Crippen LogP contribution in [-0.2, 0) is 6.18 Å². The first-order chi connectivity index (χ1) is 17.1. The smallest absolute Gasteiger partial charge is 0.404 e. The first-order valence-electron chi connectivity index (χ1n) is 11.7. The normalized spacial score (nSPS) is 21.9. The number of nitrogens with zero attached hydrogens (tertiary/aromatic N) is 4. The molecular weight excluding hydrogens is 469 g/mol. The number of hydrogen-bond acceptors (Lipinski definition) is 6. The Morgan fingerprint density at radius 1 is 1.28 bits per heavy atom. The van der Waals surface area contributed by atoms with Crippen LogP contribution in [-0.4, -0.2) is 46.1 Å². The van der Waals surface area contributed by atoms with E-state index in [-0.39, 0.29) is 17.6 Å². The van der Waals surface area contributed by atoms with E-state index in [2.05, 4.69) is 26.9 Å². The van der Waals surface area contributed by atoms with Crippen molar-refractivity contribution in [2.45, 2.75) is 38.9 Å². The number of fused-ring (bicyclic) bond motifs is 1. The predicted molar refractivity (Wildman–Crippen MR) is 133 cm³/mol. The lowest BCUT2D eigenvalue weighted by Crippen LogP contribution is -2.48. The zero-order valence-corrected chi connectivity index (χ0v) is 20.2. The third-order valence-corrected chi connectivity index (χ3v) is 6.62. The van der Waals surface area contributed by atoms with Crippen LogP contribution in [0.25, 0.3) is 5.70 Å². The van der Waals surface area contributed by atoms with Crippen LogP contribution < -0.4 is 11.1 Å². The maximum absolute atomic E-state index is 13.8. The molecule has 36 heavy (non-hydrogen) atoms. The van der Waals surface area contributed by atoms with Crippen LogP contribution in [0.3, 0.4) is 0 Å². The van der Waals surface area contributed by atoms with Crippen LogP contribution in [0.4, 0.5) is 19.0 Å². The van der Waals surface area contributed by atoms with Crippen molar-refractivity contribution in [3.63, 3.8) is 0 Å². The van der Waals surface area contributed by atoms with E-state index in [1.54, 1.807) is 25.3 Å². The van der Waals surface area contributed by atoms with Crippen molar-refractivity contribution >= 4 is 23.6 Å². The van der Waals surface area contributed by atoms with Crippen LogP contribution in [0, 0.1) is 18.8 Å². The van der Waals surface area contributed by atoms with Crippen molar-refractivity contribution in [2.75, 3.05) is 18.4 Å². The van der Waals surface area contributed by atoms with Crippen molar-refractivity contribution < 1.29 is 18.0 Å². The molecule has 0 bridgehead atoms. The molecule has 0 spiro atoms. The largest absolute Gasteiger partial charge is 0.417 e. The summed E-state index contributed by atoms with van der Waals surface area (Å²) in [7, 11) is 0. The quantitative estimate of drug-likeness (QED) is 0.541. The summed E-state index contributed by atoms with van der Waals surface area (Å²) in [5.74, 6) is 1.13. The molecule has 1 saturated heterocycles. The van der Waals surface area contributed by atoms with Gasteiger partial charge in [0.25, 0.3) is 5.91 Å². The molecule has 7 nitrogen and oxygen atoms in total. The number of anilines is 1. The van der Waals surface area contributed by atoms with Crippen LogP contribution >= 0.6 is 0 Å². The fourth-order valence-corrected chi connectivity index (χ4v) is 4.41. The topological polar surface area (TPSA) is 96.5 Å². The fourth-order valence-electron chi connectivity index (χ4n) is 4.41. The van der Waals surface area contributed by atoms with Gasteiger partial charge in [-0.1, -0.05) is 6.58 Å². The number of halogens is 3. The van der Waals surface area contributed by atoms with Gasteiger partial charge in [0.05, 0.1) is 11.3 Å². The number of nitrogens with two attached hydrogens (primary N) is 1. The Balaban J connectivity index is 1.54. The number of rotatable bonds is 7. The number of nitrogens with one attached hydrogen (secondary N) is 1. The molecule has 1 aliphatic heterocycles. The number of aromatic nitrogens is 2. The van der Waals surface area contributed by atoms with E-state index in [4.69, 9.17) is 5.73 Å². The highest BCUT2D eigenvalue weighted by Gasteiger charge is 2.47. The summed E-state index contributed by atoms with van der Waals surface area (Å²) in [5, 5.41) is 3.10. The summed E-state index contributed by atoms with van der Waals surface area (Å²) < 4.78 is 38.5. The van der Waals surface area contributed by atoms with Gasteiger partial charge in [-0.2, -0.15) is 13.2 Å². The van der Waals surface area contributed by atoms with Gasteiger partial charge in [-0.3, -0.25) is 9.79 Å². The summed E-state index contributed by atoms with van der Waals surface area (Å²) in [6, 6.07) is 5.74. The minimum Gasteiger partial charge on any atom is -0.404 e. The number of amides is 1. The van der Waals surface area contributed by atoms with Crippen LogP contribution in [0.2, 0.25) is 0 Å². The monoisotopic (exact) mass is 498 g/mol. The van der Waals surface area contributed by atoms with Gasteiger partial charge in [0.15, 0.2) is 0 Å². The molecule has 2 fully saturated rings. The fraction of sp³-hybridized carbons (Fsp3) is 0.385. The zero-order valence-electron chi connectivity index (χ0n) is 20.2. The number of allylic oxidation sites excluding steroid dienone is 1. The third kappa shape index (κ3) is 5.75. The molecule has 1 saturated carbocycles. The van der Waals surface area contributed by atoms with E-state index in [0.29, 0.717) is 47.7 Å². The summed E-state index contributed by atoms with van der Waals surface area (Å²) in [4.78, 5) is 28.4. The van der Waals surface area contributed by atoms with E-state index in [1.165, 1.54) is 12.3 Å². The molecule has 0 aromatic carbocycles. The maximum atomic E-state index is 13.8. The van der Waals surface area contributed by atoms with Gasteiger partial charge >= 0.3 is 6.18 Å². The number of likely N-dealkylation sites (tertiary alicyclic amines) is 1. The number of piperidine rings is 1. The van der Waals surface area contributed by atoms with Gasteiger partial charge in [0, 0.05) is 42.8 Å². The Kier molecular flexibility index (Phi) is 7.14. The lowest BCUT2D eigenvalue weighted by molar-refractivity contribution is -0.137. The lowest BCUT2D eigenvalue weighted by Gasteiger charge is -2.36. The number of carbonyl (C=O) groups is 1. The standard InChI is InChI=1S/C26H29F3N6O/c1-15(10-30)11-31-17(3)22-6-4-16(2)34-24(22)25(36)35-14-19-8-18(19)9-21(35)13-33-23-7-5-20(12-32-23)26(27,28)29/h4-7,10-12,18-19,21H,3,8-9,13-14,30H2,1-2H3,(H,32,33)/b15-10-,31-11-/t18-,19+,21?/m1/s1. The van der Waals surface area contributed by atoms with Crippen molar-refractivity contribution in [2.24, 2.45) is 22.6 Å². The maximum Gasteiger partial charge on any atom is 0.417 e. The molecule has 10 heteroatoms. The Bertz CT molecular complexity index is 1210. The molecule has 190 valence electrons. The number of pyridine rings is 2. The first-order valence-corrected chi connectivity index (χ1v) is 11.7. The van der Waals surface area contributed by atoms with E-state index in [0.717, 1.165) is 30.7 Å². The zero-order chi connectivity index (χ0) is 26.0. The van der Waals surface area contributed by atoms with Crippen molar-refractivity contribution in [3.05, 3.63) is 71.3 Å². The molecule has 2 aliphatic rings. The molecule has 3 N–H and O–H groups in total. The second kappa shape index (κ2) is 10.1. The highest BCUT2D eigenvalue weighted by molar-refractivity contribution is 5.98. The number of aryl methyl sites for hydroxylation is 1. The highest BCUT2D eigenvalue weighted by Crippen LogP contribution is 2.47. The molecule has 4 rings (SSSR count). The van der Waals surface area contributed by atoms with Gasteiger partial charge in [-0.15, -0.1) is 0 Å². The molecule has 3 atom stereocenters. The van der Waals surface area contributed by atoms with Gasteiger partial charge in [-0.25, -0.2) is 9.97 Å². The molecule has 0 radical (unpaired) electrons. The number of aliphatic imine (C=N–C) groups is 1. The minimum atomic E-state index is -4.44. The summed E-state index contributed by atoms with van der Waals surface area (Å²) in [6.07, 6.45) is 1.25. The number of alkyl halides is 3. The van der Waals surface area contributed by atoms with Gasteiger partial charge in [0.2, 0.25) is 0 Å². The Morgan fingerprint density at radius 3 is 2.72 bits per heavy atom. The van der Waals surface area contributed by atoms with Crippen LogP contribution in [0.5, 0.6) is 0 Å². The van der Waals surface area contributed by atoms with Gasteiger partial charge in [-0.05, 0) is 74.6 Å². The Morgan fingerprint density at radius 2 is 2.06 bits per heavy atom. The SMILES string of the molecule is C=C(/N=C\C(C)=C/N)c1ccc(C)nc1C(=O)N1C[C@@H]2C[C@@H]2CC1CNc1ccc(C(F)(F)F)cn1. The summed E-state index contributed by atoms with van der Waals surface area (Å²) in [6.45, 7) is 8.61. The number of hydrogen-bond donors (Lipinski definition) is 2. The van der Waals surface area contributed by atoms with Crippen molar-refractivity contribution in [1.29, 1.82) is 0 Å². The molecule has 1 amide bonds. The average molecular weight is 499 g/mol. The van der Waals surface area contributed by atoms with Crippen molar-refractivity contribution in [3.8, 4) is 0 Å². The highest BCUT2D eigenvalue weighted by atomic mass is 19.4. The minimum absolute atomic E-state index is 0.153. The molecule has 2 aromatic heterocycles. The summed E-state index contributed by atoms with van der Waals surface area (Å²) in [5.41, 5.74) is 7.37. The summed E-state index contributed by atoms with van der Waals surface area (Å²) >= 11 is 0. The molecule has 1 aliphatic carbocycles. The molecule has 3 heterocycles. The molecule has 2 aromatic rings. The second-order valence-electron chi connectivity index (χ2n) is 9.38. The van der Waals surface area contributed by atoms with Gasteiger partial charge in [0.1, 0.15) is 11.5 Å². The number of carbonyl (C=O) groups excluding carboxylic acids is 1. The van der Waals surface area contributed by atoms with E-state index in [9.17, 15) is 18.0 Å². The van der Waals surface area contributed by atoms with Crippen molar-refractivity contribution in [1.82, 2.24) is 14.9 Å². The molecule has 1 unspecified atom stereocenters. The Hall–Kier alpha value is -3.69. The lowest BCUT2D eigenvalue weighted by atomic mass is 10.00. The predicted octanol–water partition coefficient (Wildman–Crippen LogP) is 4.67. The Labute approximate surface area is 208 Å². The van der Waals surface area contributed by atoms with E-state index >= 15 is 0 Å². The average Bonchev–Trinajstić information content (AvgIpc) is 3.62. The third-order valence-electron chi connectivity index (χ3n) is 6.62.